The van der Waals surface area contributed by atoms with E-state index in [2.05, 4.69) is 0 Å². The molecule has 0 bridgehead atoms. The van der Waals surface area contributed by atoms with Crippen molar-refractivity contribution in [1.29, 1.82) is 0 Å². The summed E-state index contributed by atoms with van der Waals surface area (Å²) in [5.41, 5.74) is 0.657. The van der Waals surface area contributed by atoms with Crippen molar-refractivity contribution < 1.29 is 14.4 Å². The monoisotopic (exact) mass is 217 g/mol. The molecule has 0 spiro atoms. The van der Waals surface area contributed by atoms with Gasteiger partial charge < -0.3 is 4.90 Å². The lowest BCUT2D eigenvalue weighted by molar-refractivity contribution is -0.134. The van der Waals surface area contributed by atoms with Gasteiger partial charge in [-0.1, -0.05) is 18.2 Å². The van der Waals surface area contributed by atoms with Crippen molar-refractivity contribution in [2.24, 2.45) is 5.92 Å². The van der Waals surface area contributed by atoms with Crippen LogP contribution < -0.4 is 4.90 Å². The first-order valence-electron chi connectivity index (χ1n) is 5.01. The molecular formula is C12H11NO3. The van der Waals surface area contributed by atoms with Crippen LogP contribution in [-0.2, 0) is 14.4 Å². The normalized spacial score (nSPS) is 20.3. The molecule has 1 unspecified atom stereocenters. The number of carbonyl (C=O) groups excluding carboxylic acids is 3. The second-order valence-electron chi connectivity index (χ2n) is 3.77. The standard InChI is InChI=1S/C12H11NO3/c1-8(14)11-10(15)7-13(12(11)16)9-5-3-2-4-6-9/h2-6,11H,7H2,1H3. The zero-order valence-corrected chi connectivity index (χ0v) is 8.84. The zero-order valence-electron chi connectivity index (χ0n) is 8.84. The number of Topliss-reactive ketones (excluding diaryl/α,β-unsaturated/α-hetero) is 2. The molecule has 1 heterocycles. The summed E-state index contributed by atoms with van der Waals surface area (Å²) in [6, 6.07) is 8.89. The van der Waals surface area contributed by atoms with E-state index in [1.165, 1.54) is 11.8 Å². The van der Waals surface area contributed by atoms with Crippen molar-refractivity contribution in [3.05, 3.63) is 30.3 Å². The highest BCUT2D eigenvalue weighted by molar-refractivity contribution is 6.28. The van der Waals surface area contributed by atoms with Crippen LogP contribution in [0.3, 0.4) is 0 Å². The fraction of sp³-hybridized carbons (Fsp3) is 0.250. The Morgan fingerprint density at radius 2 is 1.88 bits per heavy atom. The number of hydrogen-bond acceptors (Lipinski definition) is 3. The quantitative estimate of drug-likeness (QED) is 0.689. The summed E-state index contributed by atoms with van der Waals surface area (Å²) in [7, 11) is 0. The highest BCUT2D eigenvalue weighted by atomic mass is 16.2. The van der Waals surface area contributed by atoms with Crippen molar-refractivity contribution in [3.63, 3.8) is 0 Å². The van der Waals surface area contributed by atoms with E-state index in [1.807, 2.05) is 6.07 Å². The number of ketones is 2. The van der Waals surface area contributed by atoms with Gasteiger partial charge in [-0.15, -0.1) is 0 Å². The molecule has 1 amide bonds. The van der Waals surface area contributed by atoms with Crippen molar-refractivity contribution in [1.82, 2.24) is 0 Å². The maximum Gasteiger partial charge on any atom is 0.245 e. The molecule has 0 N–H and O–H groups in total. The van der Waals surface area contributed by atoms with Crippen molar-refractivity contribution in [2.75, 3.05) is 11.4 Å². The predicted molar refractivity (Wildman–Crippen MR) is 58.0 cm³/mol. The summed E-state index contributed by atoms with van der Waals surface area (Å²) in [5.74, 6) is -2.21. The third-order valence-electron chi connectivity index (χ3n) is 2.62. The van der Waals surface area contributed by atoms with Crippen LogP contribution in [0.1, 0.15) is 6.92 Å². The molecule has 4 nitrogen and oxygen atoms in total. The summed E-state index contributed by atoms with van der Waals surface area (Å²) in [6.45, 7) is 1.27. The Morgan fingerprint density at radius 1 is 1.25 bits per heavy atom. The summed E-state index contributed by atoms with van der Waals surface area (Å²) in [6.07, 6.45) is 0. The van der Waals surface area contributed by atoms with E-state index in [1.54, 1.807) is 24.3 Å². The number of amides is 1. The average molecular weight is 217 g/mol. The van der Waals surface area contributed by atoms with Crippen LogP contribution in [0.4, 0.5) is 5.69 Å². The summed E-state index contributed by atoms with van der Waals surface area (Å²) < 4.78 is 0. The number of carbonyl (C=O) groups is 3. The van der Waals surface area contributed by atoms with Gasteiger partial charge in [0.2, 0.25) is 5.91 Å². The van der Waals surface area contributed by atoms with Crippen LogP contribution in [0.5, 0.6) is 0 Å². The van der Waals surface area contributed by atoms with E-state index in [4.69, 9.17) is 0 Å². The van der Waals surface area contributed by atoms with Gasteiger partial charge in [-0.2, -0.15) is 0 Å². The number of nitrogens with zero attached hydrogens (tertiary/aromatic N) is 1. The lowest BCUT2D eigenvalue weighted by Gasteiger charge is -2.14. The van der Waals surface area contributed by atoms with Gasteiger partial charge in [-0.05, 0) is 19.1 Å². The molecule has 0 radical (unpaired) electrons. The van der Waals surface area contributed by atoms with Gasteiger partial charge in [0, 0.05) is 5.69 Å². The molecule has 4 heteroatoms. The Bertz CT molecular complexity index is 453. The lowest BCUT2D eigenvalue weighted by atomic mass is 10.0. The fourth-order valence-electron chi connectivity index (χ4n) is 1.85. The molecule has 2 rings (SSSR count). The second-order valence-corrected chi connectivity index (χ2v) is 3.77. The first-order chi connectivity index (χ1) is 7.61. The van der Waals surface area contributed by atoms with E-state index in [9.17, 15) is 14.4 Å². The van der Waals surface area contributed by atoms with Crippen LogP contribution in [0.25, 0.3) is 0 Å². The second kappa shape index (κ2) is 3.89. The van der Waals surface area contributed by atoms with E-state index >= 15 is 0 Å². The zero-order chi connectivity index (χ0) is 11.7. The summed E-state index contributed by atoms with van der Waals surface area (Å²) in [5, 5.41) is 0. The average Bonchev–Trinajstić information content (AvgIpc) is 2.55. The summed E-state index contributed by atoms with van der Waals surface area (Å²) >= 11 is 0. The Morgan fingerprint density at radius 3 is 2.38 bits per heavy atom. The molecule has 16 heavy (non-hydrogen) atoms. The fourth-order valence-corrected chi connectivity index (χ4v) is 1.85. The van der Waals surface area contributed by atoms with Crippen molar-refractivity contribution in [2.45, 2.75) is 6.92 Å². The Hall–Kier alpha value is -1.97. The van der Waals surface area contributed by atoms with Crippen LogP contribution in [0.15, 0.2) is 30.3 Å². The summed E-state index contributed by atoms with van der Waals surface area (Å²) in [4.78, 5) is 35.9. The molecule has 1 aromatic rings. The Balaban J connectivity index is 2.31. The number of para-hydroxylation sites is 1. The first-order valence-corrected chi connectivity index (χ1v) is 5.01. The third-order valence-corrected chi connectivity index (χ3v) is 2.62. The molecule has 1 saturated heterocycles. The molecule has 1 atom stereocenters. The van der Waals surface area contributed by atoms with E-state index in [0.717, 1.165) is 0 Å². The van der Waals surface area contributed by atoms with Crippen LogP contribution in [-0.4, -0.2) is 24.0 Å². The molecule has 1 aromatic carbocycles. The molecule has 82 valence electrons. The first kappa shape index (κ1) is 10.5. The topological polar surface area (TPSA) is 54.5 Å². The number of anilines is 1. The molecule has 1 fully saturated rings. The van der Waals surface area contributed by atoms with Gasteiger partial charge >= 0.3 is 0 Å². The molecule has 1 aliphatic rings. The number of hydrogen-bond donors (Lipinski definition) is 0. The number of benzene rings is 1. The third kappa shape index (κ3) is 1.62. The van der Waals surface area contributed by atoms with Crippen molar-refractivity contribution in [3.8, 4) is 0 Å². The smallest absolute Gasteiger partial charge is 0.245 e. The number of rotatable bonds is 2. The highest BCUT2D eigenvalue weighted by Gasteiger charge is 2.42. The highest BCUT2D eigenvalue weighted by Crippen LogP contribution is 2.23. The van der Waals surface area contributed by atoms with Crippen LogP contribution in [0, 0.1) is 5.92 Å². The van der Waals surface area contributed by atoms with Gasteiger partial charge in [0.1, 0.15) is 5.78 Å². The van der Waals surface area contributed by atoms with Gasteiger partial charge in [-0.25, -0.2) is 0 Å². The van der Waals surface area contributed by atoms with Crippen LogP contribution in [0.2, 0.25) is 0 Å². The van der Waals surface area contributed by atoms with Gasteiger partial charge in [0.05, 0.1) is 6.54 Å². The van der Waals surface area contributed by atoms with Crippen LogP contribution >= 0.6 is 0 Å². The van der Waals surface area contributed by atoms with E-state index in [-0.39, 0.29) is 18.1 Å². The largest absolute Gasteiger partial charge is 0.304 e. The SMILES string of the molecule is CC(=O)C1C(=O)CN(c2ccccc2)C1=O. The molecule has 0 aromatic heterocycles. The molecule has 1 aliphatic heterocycles. The van der Waals surface area contributed by atoms with E-state index in [0.29, 0.717) is 5.69 Å². The molecule has 0 aliphatic carbocycles. The van der Waals surface area contributed by atoms with Gasteiger partial charge in [0.25, 0.3) is 0 Å². The van der Waals surface area contributed by atoms with E-state index < -0.39 is 11.8 Å². The molecule has 0 saturated carbocycles. The van der Waals surface area contributed by atoms with Gasteiger partial charge in [0.15, 0.2) is 11.7 Å². The molecular weight excluding hydrogens is 206 g/mol. The predicted octanol–water partition coefficient (Wildman–Crippen LogP) is 0.808. The lowest BCUT2D eigenvalue weighted by Crippen LogP contribution is -2.29. The Labute approximate surface area is 92.9 Å². The Kier molecular flexibility index (Phi) is 2.56. The van der Waals surface area contributed by atoms with Gasteiger partial charge in [-0.3, -0.25) is 14.4 Å². The minimum Gasteiger partial charge on any atom is -0.304 e. The van der Waals surface area contributed by atoms with Crippen molar-refractivity contribution >= 4 is 23.2 Å². The minimum atomic E-state index is -1.10. The maximum absolute atomic E-state index is 11.8. The minimum absolute atomic E-state index is 0.00685. The maximum atomic E-state index is 11.8.